The quantitative estimate of drug-likeness (QED) is 0.890. The lowest BCUT2D eigenvalue weighted by atomic mass is 9.99. The summed E-state index contributed by atoms with van der Waals surface area (Å²) in [6.45, 7) is 8.90. The van der Waals surface area contributed by atoms with Gasteiger partial charge in [-0.3, -0.25) is 0 Å². The molecule has 20 heavy (non-hydrogen) atoms. The monoisotopic (exact) mass is 276 g/mol. The van der Waals surface area contributed by atoms with Gasteiger partial charge in [0, 0.05) is 25.7 Å². The number of nitrogens with zero attached hydrogens (tertiary/aromatic N) is 3. The van der Waals surface area contributed by atoms with Crippen LogP contribution in [-0.4, -0.2) is 42.8 Å². The lowest BCUT2D eigenvalue weighted by Gasteiger charge is -2.32. The van der Waals surface area contributed by atoms with Crippen LogP contribution in [0.5, 0.6) is 0 Å². The summed E-state index contributed by atoms with van der Waals surface area (Å²) in [5.41, 5.74) is 1.06. The molecule has 0 spiro atoms. The first kappa shape index (κ1) is 13.8. The fraction of sp³-hybridized carbons (Fsp3) is 0.733. The molecule has 1 aromatic heterocycles. The molecule has 1 aromatic rings. The van der Waals surface area contributed by atoms with Gasteiger partial charge in [-0.25, -0.2) is 9.97 Å². The zero-order valence-corrected chi connectivity index (χ0v) is 12.4. The van der Waals surface area contributed by atoms with Crippen LogP contribution < -0.4 is 10.2 Å². The molecule has 5 heteroatoms. The largest absolute Gasteiger partial charge is 0.378 e. The summed E-state index contributed by atoms with van der Waals surface area (Å²) in [4.78, 5) is 11.6. The molecule has 0 saturated carbocycles. The minimum absolute atomic E-state index is 0.202. The van der Waals surface area contributed by atoms with Crippen molar-refractivity contribution in [1.29, 1.82) is 0 Å². The Morgan fingerprint density at radius 3 is 2.80 bits per heavy atom. The highest BCUT2D eigenvalue weighted by atomic mass is 16.5. The van der Waals surface area contributed by atoms with Crippen LogP contribution in [0.4, 0.5) is 5.82 Å². The summed E-state index contributed by atoms with van der Waals surface area (Å²) in [6.07, 6.45) is 2.51. The van der Waals surface area contributed by atoms with Gasteiger partial charge in [0.15, 0.2) is 0 Å². The molecule has 110 valence electrons. The molecule has 5 nitrogen and oxygen atoms in total. The van der Waals surface area contributed by atoms with Crippen molar-refractivity contribution in [3.8, 4) is 0 Å². The zero-order valence-electron chi connectivity index (χ0n) is 12.4. The fourth-order valence-electron chi connectivity index (χ4n) is 2.91. The Hall–Kier alpha value is -1.20. The first-order chi connectivity index (χ1) is 9.72. The molecule has 2 aliphatic heterocycles. The van der Waals surface area contributed by atoms with Crippen molar-refractivity contribution in [1.82, 2.24) is 15.3 Å². The maximum atomic E-state index is 5.54. The number of anilines is 1. The smallest absolute Gasteiger partial charge is 0.132 e. The summed E-state index contributed by atoms with van der Waals surface area (Å²) in [5, 5.41) is 3.47. The van der Waals surface area contributed by atoms with Crippen molar-refractivity contribution in [2.75, 3.05) is 37.7 Å². The molecular formula is C15H24N4O. The average Bonchev–Trinajstić information content (AvgIpc) is 2.48. The molecule has 1 atom stereocenters. The van der Waals surface area contributed by atoms with Crippen molar-refractivity contribution in [2.45, 2.75) is 32.7 Å². The molecule has 0 aromatic carbocycles. The summed E-state index contributed by atoms with van der Waals surface area (Å²) in [6, 6.07) is 2.34. The number of piperidine rings is 1. The van der Waals surface area contributed by atoms with Gasteiger partial charge in [-0.15, -0.1) is 0 Å². The van der Waals surface area contributed by atoms with Crippen molar-refractivity contribution in [3.05, 3.63) is 17.6 Å². The molecular weight excluding hydrogens is 252 g/mol. The third kappa shape index (κ3) is 3.10. The van der Waals surface area contributed by atoms with Gasteiger partial charge in [-0.05, 0) is 25.7 Å². The van der Waals surface area contributed by atoms with Crippen LogP contribution in [0.2, 0.25) is 0 Å². The first-order valence-electron chi connectivity index (χ1n) is 7.64. The van der Waals surface area contributed by atoms with Gasteiger partial charge in [-0.2, -0.15) is 0 Å². The third-order valence-electron chi connectivity index (χ3n) is 4.23. The standard InChI is InChI=1S/C15H24N4O/c1-11-3-6-19(7-4-11)15-9-13(17-12(2)18-15)14-10-20-8-5-16-14/h9,11,14,16H,3-8,10H2,1-2H3. The summed E-state index contributed by atoms with van der Waals surface area (Å²) in [5.74, 6) is 2.76. The van der Waals surface area contributed by atoms with E-state index in [2.05, 4.69) is 33.2 Å². The fourth-order valence-corrected chi connectivity index (χ4v) is 2.91. The number of aryl methyl sites for hydroxylation is 1. The normalized spacial score (nSPS) is 24.9. The Morgan fingerprint density at radius 2 is 2.10 bits per heavy atom. The maximum absolute atomic E-state index is 5.54. The Bertz CT molecular complexity index is 451. The lowest BCUT2D eigenvalue weighted by Crippen LogP contribution is -2.36. The van der Waals surface area contributed by atoms with Crippen LogP contribution in [0.3, 0.4) is 0 Å². The van der Waals surface area contributed by atoms with Gasteiger partial charge in [0.2, 0.25) is 0 Å². The van der Waals surface area contributed by atoms with E-state index in [1.54, 1.807) is 0 Å². The van der Waals surface area contributed by atoms with Crippen molar-refractivity contribution >= 4 is 5.82 Å². The summed E-state index contributed by atoms with van der Waals surface area (Å²) < 4.78 is 5.54. The number of rotatable bonds is 2. The Kier molecular flexibility index (Phi) is 4.17. The molecule has 0 radical (unpaired) electrons. The summed E-state index contributed by atoms with van der Waals surface area (Å²) in [7, 11) is 0. The van der Waals surface area contributed by atoms with E-state index < -0.39 is 0 Å². The number of aromatic nitrogens is 2. The number of hydrogen-bond acceptors (Lipinski definition) is 5. The maximum Gasteiger partial charge on any atom is 0.132 e. The molecule has 1 N–H and O–H groups in total. The van der Waals surface area contributed by atoms with Crippen molar-refractivity contribution in [3.63, 3.8) is 0 Å². The van der Waals surface area contributed by atoms with Crippen molar-refractivity contribution < 1.29 is 4.74 Å². The van der Waals surface area contributed by atoms with E-state index in [1.807, 2.05) is 6.92 Å². The van der Waals surface area contributed by atoms with Crippen LogP contribution in [0.15, 0.2) is 6.07 Å². The van der Waals surface area contributed by atoms with Crippen LogP contribution >= 0.6 is 0 Å². The van der Waals surface area contributed by atoms with E-state index >= 15 is 0 Å². The van der Waals surface area contributed by atoms with E-state index in [0.717, 1.165) is 49.5 Å². The number of ether oxygens (including phenoxy) is 1. The highest BCUT2D eigenvalue weighted by Crippen LogP contribution is 2.24. The van der Waals surface area contributed by atoms with Gasteiger partial charge in [0.05, 0.1) is 24.9 Å². The SMILES string of the molecule is Cc1nc(C2COCCN2)cc(N2CCC(C)CC2)n1. The van der Waals surface area contributed by atoms with E-state index in [0.29, 0.717) is 6.61 Å². The topological polar surface area (TPSA) is 50.3 Å². The molecule has 3 rings (SSSR count). The predicted molar refractivity (Wildman–Crippen MR) is 78.9 cm³/mol. The van der Waals surface area contributed by atoms with Crippen LogP contribution in [0, 0.1) is 12.8 Å². The minimum Gasteiger partial charge on any atom is -0.378 e. The first-order valence-corrected chi connectivity index (χ1v) is 7.64. The lowest BCUT2D eigenvalue weighted by molar-refractivity contribution is 0.0755. The average molecular weight is 276 g/mol. The minimum atomic E-state index is 0.202. The van der Waals surface area contributed by atoms with Crippen LogP contribution in [0.25, 0.3) is 0 Å². The number of morpholine rings is 1. The molecule has 0 aliphatic carbocycles. The van der Waals surface area contributed by atoms with Crippen molar-refractivity contribution in [2.24, 2.45) is 5.92 Å². The second kappa shape index (κ2) is 6.06. The van der Waals surface area contributed by atoms with Crippen LogP contribution in [-0.2, 0) is 4.74 Å². The Morgan fingerprint density at radius 1 is 1.30 bits per heavy atom. The van der Waals surface area contributed by atoms with Gasteiger partial charge in [0.25, 0.3) is 0 Å². The van der Waals surface area contributed by atoms with Gasteiger partial charge in [-0.1, -0.05) is 6.92 Å². The molecule has 2 fully saturated rings. The molecule has 1 unspecified atom stereocenters. The Balaban J connectivity index is 1.79. The van der Waals surface area contributed by atoms with Gasteiger partial charge < -0.3 is 15.0 Å². The van der Waals surface area contributed by atoms with Gasteiger partial charge >= 0.3 is 0 Å². The third-order valence-corrected chi connectivity index (χ3v) is 4.23. The molecule has 2 saturated heterocycles. The molecule has 2 aliphatic rings. The molecule has 0 amide bonds. The number of hydrogen-bond donors (Lipinski definition) is 1. The van der Waals surface area contributed by atoms with Gasteiger partial charge in [0.1, 0.15) is 11.6 Å². The zero-order chi connectivity index (χ0) is 13.9. The second-order valence-electron chi connectivity index (χ2n) is 5.95. The number of nitrogens with one attached hydrogen (secondary N) is 1. The highest BCUT2D eigenvalue weighted by Gasteiger charge is 2.21. The predicted octanol–water partition coefficient (Wildman–Crippen LogP) is 1.68. The Labute approximate surface area is 120 Å². The van der Waals surface area contributed by atoms with Crippen LogP contribution in [0.1, 0.15) is 37.3 Å². The van der Waals surface area contributed by atoms with E-state index in [1.165, 1.54) is 12.8 Å². The van der Waals surface area contributed by atoms with E-state index in [4.69, 9.17) is 4.74 Å². The van der Waals surface area contributed by atoms with E-state index in [9.17, 15) is 0 Å². The summed E-state index contributed by atoms with van der Waals surface area (Å²) >= 11 is 0. The van der Waals surface area contributed by atoms with E-state index in [-0.39, 0.29) is 6.04 Å². The highest BCUT2D eigenvalue weighted by molar-refractivity contribution is 5.41. The second-order valence-corrected chi connectivity index (χ2v) is 5.95. The molecule has 0 bridgehead atoms. The molecule has 3 heterocycles.